The fraction of sp³-hybridized carbons (Fsp3) is 0.312. The maximum Gasteiger partial charge on any atom is 0.270 e. The van der Waals surface area contributed by atoms with Crippen LogP contribution in [0.5, 0.6) is 0 Å². The lowest BCUT2D eigenvalue weighted by Gasteiger charge is -2.15. The normalized spacial score (nSPS) is 13.9. The first-order valence-corrected chi connectivity index (χ1v) is 7.57. The number of nitrogens with one attached hydrogen (secondary N) is 1. The van der Waals surface area contributed by atoms with Crippen molar-refractivity contribution in [2.24, 2.45) is 5.92 Å². The third-order valence-corrected chi connectivity index (χ3v) is 3.90. The van der Waals surface area contributed by atoms with Crippen LogP contribution in [0.2, 0.25) is 5.02 Å². The lowest BCUT2D eigenvalue weighted by atomic mass is 9.98. The van der Waals surface area contributed by atoms with Gasteiger partial charge in [0, 0.05) is 23.0 Å². The number of hydrogen-bond acceptors (Lipinski definition) is 3. The topological polar surface area (TPSA) is 64.0 Å². The first kappa shape index (κ1) is 14.8. The number of rotatable bonds is 3. The Balaban J connectivity index is 2.23. The molecule has 1 aromatic heterocycles. The number of benzene rings is 1. The van der Waals surface area contributed by atoms with Crippen LogP contribution in [0.1, 0.15) is 40.4 Å². The summed E-state index contributed by atoms with van der Waals surface area (Å²) in [7, 11) is 0. The van der Waals surface area contributed by atoms with E-state index in [-0.39, 0.29) is 17.6 Å². The van der Waals surface area contributed by atoms with Gasteiger partial charge in [-0.25, -0.2) is 4.68 Å². The van der Waals surface area contributed by atoms with Gasteiger partial charge < -0.3 is 5.32 Å². The maximum atomic E-state index is 12.4. The number of carbonyl (C=O) groups is 2. The summed E-state index contributed by atoms with van der Waals surface area (Å²) in [5.41, 5.74) is 2.21. The molecule has 3 rings (SSSR count). The Morgan fingerprint density at radius 2 is 2.18 bits per heavy atom. The predicted octanol–water partition coefficient (Wildman–Crippen LogP) is 2.65. The molecule has 0 unspecified atom stereocenters. The van der Waals surface area contributed by atoms with Crippen LogP contribution in [-0.2, 0) is 6.42 Å². The third kappa shape index (κ3) is 2.41. The van der Waals surface area contributed by atoms with Gasteiger partial charge in [0.1, 0.15) is 11.4 Å². The number of carbonyl (C=O) groups excluding carboxylic acids is 2. The zero-order valence-electron chi connectivity index (χ0n) is 12.4. The number of halogens is 1. The van der Waals surface area contributed by atoms with Crippen molar-refractivity contribution in [1.82, 2.24) is 15.1 Å². The average molecular weight is 318 g/mol. The van der Waals surface area contributed by atoms with Crippen LogP contribution in [0.3, 0.4) is 0 Å². The summed E-state index contributed by atoms with van der Waals surface area (Å²) < 4.78 is 1.52. The number of fused-ring (bicyclic) bond motifs is 1. The van der Waals surface area contributed by atoms with Crippen molar-refractivity contribution in [2.45, 2.75) is 20.3 Å². The Hall–Kier alpha value is -2.14. The van der Waals surface area contributed by atoms with Crippen molar-refractivity contribution in [2.75, 3.05) is 6.54 Å². The Bertz CT molecular complexity index is 765. The molecule has 0 fully saturated rings. The molecule has 0 saturated heterocycles. The lowest BCUT2D eigenvalue weighted by Crippen LogP contribution is -2.33. The van der Waals surface area contributed by atoms with Gasteiger partial charge in [0.05, 0.1) is 5.69 Å². The highest BCUT2D eigenvalue weighted by atomic mass is 35.5. The van der Waals surface area contributed by atoms with Crippen molar-refractivity contribution in [3.8, 4) is 5.69 Å². The first-order valence-electron chi connectivity index (χ1n) is 7.19. The first-order chi connectivity index (χ1) is 10.5. The minimum Gasteiger partial charge on any atom is -0.350 e. The summed E-state index contributed by atoms with van der Waals surface area (Å²) in [6, 6.07) is 7.07. The summed E-state index contributed by atoms with van der Waals surface area (Å²) in [6.45, 7) is 4.18. The molecule has 1 aliphatic rings. The largest absolute Gasteiger partial charge is 0.350 e. The smallest absolute Gasteiger partial charge is 0.270 e. The molecule has 5 nitrogen and oxygen atoms in total. The van der Waals surface area contributed by atoms with Crippen molar-refractivity contribution in [3.05, 3.63) is 46.2 Å². The second-order valence-corrected chi connectivity index (χ2v) is 6.03. The predicted molar refractivity (Wildman–Crippen MR) is 83.8 cm³/mol. The molecule has 1 N–H and O–H groups in total. The highest BCUT2D eigenvalue weighted by Gasteiger charge is 2.30. The van der Waals surface area contributed by atoms with Crippen LogP contribution in [0.4, 0.5) is 0 Å². The SMILES string of the molecule is CC(C)C(=O)c1nn(-c2cccc(Cl)c2)c2c1CCNC2=O. The van der Waals surface area contributed by atoms with E-state index in [1.54, 1.807) is 18.2 Å². The molecule has 0 aliphatic carbocycles. The van der Waals surface area contributed by atoms with Gasteiger partial charge in [-0.15, -0.1) is 0 Å². The molecule has 1 amide bonds. The van der Waals surface area contributed by atoms with E-state index >= 15 is 0 Å². The minimum absolute atomic E-state index is 0.0493. The fourth-order valence-corrected chi connectivity index (χ4v) is 2.76. The fourth-order valence-electron chi connectivity index (χ4n) is 2.57. The molecule has 1 aromatic carbocycles. The number of hydrogen-bond donors (Lipinski definition) is 1. The van der Waals surface area contributed by atoms with Gasteiger partial charge in [0.2, 0.25) is 0 Å². The number of nitrogens with zero attached hydrogens (tertiary/aromatic N) is 2. The van der Waals surface area contributed by atoms with Crippen LogP contribution in [0.25, 0.3) is 5.69 Å². The molecule has 2 heterocycles. The van der Waals surface area contributed by atoms with Crippen LogP contribution < -0.4 is 5.32 Å². The van der Waals surface area contributed by atoms with Gasteiger partial charge in [-0.1, -0.05) is 31.5 Å². The van der Waals surface area contributed by atoms with Crippen LogP contribution in [0.15, 0.2) is 24.3 Å². The van der Waals surface area contributed by atoms with E-state index < -0.39 is 0 Å². The van der Waals surface area contributed by atoms with Gasteiger partial charge in [0.25, 0.3) is 5.91 Å². The summed E-state index contributed by atoms with van der Waals surface area (Å²) >= 11 is 6.03. The number of aromatic nitrogens is 2. The Morgan fingerprint density at radius 3 is 2.86 bits per heavy atom. The Kier molecular flexibility index (Phi) is 3.74. The van der Waals surface area contributed by atoms with Gasteiger partial charge in [-0.05, 0) is 24.6 Å². The van der Waals surface area contributed by atoms with E-state index in [2.05, 4.69) is 10.4 Å². The molecular weight excluding hydrogens is 302 g/mol. The molecule has 0 saturated carbocycles. The van der Waals surface area contributed by atoms with Crippen molar-refractivity contribution in [1.29, 1.82) is 0 Å². The van der Waals surface area contributed by atoms with Crippen molar-refractivity contribution in [3.63, 3.8) is 0 Å². The minimum atomic E-state index is -0.212. The molecule has 2 aromatic rings. The van der Waals surface area contributed by atoms with E-state index in [0.717, 1.165) is 5.56 Å². The second kappa shape index (κ2) is 5.57. The summed E-state index contributed by atoms with van der Waals surface area (Å²) in [5, 5.41) is 7.77. The average Bonchev–Trinajstić information content (AvgIpc) is 2.87. The van der Waals surface area contributed by atoms with E-state index in [1.165, 1.54) is 4.68 Å². The van der Waals surface area contributed by atoms with Crippen molar-refractivity contribution < 1.29 is 9.59 Å². The van der Waals surface area contributed by atoms with Crippen LogP contribution in [0, 0.1) is 5.92 Å². The van der Waals surface area contributed by atoms with E-state index in [9.17, 15) is 9.59 Å². The molecule has 0 atom stereocenters. The lowest BCUT2D eigenvalue weighted by molar-refractivity contribution is 0.0932. The van der Waals surface area contributed by atoms with Gasteiger partial charge in [-0.3, -0.25) is 9.59 Å². The number of ketones is 1. The molecule has 0 radical (unpaired) electrons. The number of amides is 1. The number of Topliss-reactive ketones (excluding diaryl/α,β-unsaturated/α-hetero) is 1. The molecule has 114 valence electrons. The summed E-state index contributed by atoms with van der Waals surface area (Å²) in [4.78, 5) is 24.7. The monoisotopic (exact) mass is 317 g/mol. The third-order valence-electron chi connectivity index (χ3n) is 3.67. The maximum absolute atomic E-state index is 12.4. The van der Waals surface area contributed by atoms with E-state index in [1.807, 2.05) is 19.9 Å². The summed E-state index contributed by atoms with van der Waals surface area (Å²) in [5.74, 6) is -0.431. The van der Waals surface area contributed by atoms with Crippen molar-refractivity contribution >= 4 is 23.3 Å². The van der Waals surface area contributed by atoms with E-state index in [0.29, 0.717) is 35.1 Å². The zero-order chi connectivity index (χ0) is 15.9. The van der Waals surface area contributed by atoms with Crippen LogP contribution >= 0.6 is 11.6 Å². The summed E-state index contributed by atoms with van der Waals surface area (Å²) in [6.07, 6.45) is 0.607. The zero-order valence-corrected chi connectivity index (χ0v) is 13.1. The highest BCUT2D eigenvalue weighted by Crippen LogP contribution is 2.25. The quantitative estimate of drug-likeness (QED) is 0.885. The molecule has 0 spiro atoms. The van der Waals surface area contributed by atoms with E-state index in [4.69, 9.17) is 11.6 Å². The van der Waals surface area contributed by atoms with Gasteiger partial charge >= 0.3 is 0 Å². The Labute approximate surface area is 133 Å². The molecule has 6 heteroatoms. The van der Waals surface area contributed by atoms with Crippen LogP contribution in [-0.4, -0.2) is 28.0 Å². The Morgan fingerprint density at radius 1 is 1.41 bits per heavy atom. The molecular formula is C16H16ClN3O2. The second-order valence-electron chi connectivity index (χ2n) is 5.59. The standard InChI is InChI=1S/C16H16ClN3O2/c1-9(2)15(21)13-12-6-7-18-16(22)14(12)20(19-13)11-5-3-4-10(17)8-11/h3-5,8-9H,6-7H2,1-2H3,(H,18,22). The van der Waals surface area contributed by atoms with Gasteiger partial charge in [-0.2, -0.15) is 5.10 Å². The highest BCUT2D eigenvalue weighted by molar-refractivity contribution is 6.30. The molecule has 1 aliphatic heterocycles. The molecule has 0 bridgehead atoms. The molecule has 22 heavy (non-hydrogen) atoms. The van der Waals surface area contributed by atoms with Gasteiger partial charge in [0.15, 0.2) is 5.78 Å².